The van der Waals surface area contributed by atoms with Crippen LogP contribution in [0.4, 0.5) is 9.93 Å². The molecule has 2 aromatic heterocycles. The number of benzene rings is 2. The summed E-state index contributed by atoms with van der Waals surface area (Å²) in [5.74, 6) is -0.134. The molecule has 3 heterocycles. The average molecular weight is 744 g/mol. The van der Waals surface area contributed by atoms with Crippen molar-refractivity contribution in [3.8, 4) is 0 Å². The number of hydrogen-bond donors (Lipinski definition) is 2. The molecular weight excluding hydrogens is 699 g/mol. The van der Waals surface area contributed by atoms with Crippen LogP contribution in [0.2, 0.25) is 0 Å². The topological polar surface area (TPSA) is 149 Å². The molecule has 13 nitrogen and oxygen atoms in total. The van der Waals surface area contributed by atoms with Gasteiger partial charge in [-0.15, -0.1) is 11.3 Å². The number of aliphatic hydroxyl groups excluding tert-OH is 1. The second-order valence-electron chi connectivity index (χ2n) is 12.9. The number of carbonyl (C=O) groups is 2. The SMILES string of the molecule is CC(C)CN(C[C@@H](O)[C@H](Cc1ccccc1)NC(=O)OCc1cncs1)S(=O)(=O)c1ccc2nc(N(C)C(=O)CN3CCN(C)CC3)sc2c1. The number of nitrogens with zero attached hydrogens (tertiary/aromatic N) is 6. The normalized spacial score (nSPS) is 15.7. The largest absolute Gasteiger partial charge is 0.444 e. The number of alkyl carbamates (subject to hydrolysis) is 1. The fraction of sp³-hybridized carbons (Fsp3) is 0.471. The number of rotatable bonds is 15. The maximum Gasteiger partial charge on any atom is 0.407 e. The summed E-state index contributed by atoms with van der Waals surface area (Å²) in [6, 6.07) is 13.2. The molecular formula is C34H45N7O6S3. The molecule has 270 valence electrons. The molecule has 2 amide bonds. The summed E-state index contributed by atoms with van der Waals surface area (Å²) in [5.41, 5.74) is 3.09. The zero-order chi connectivity index (χ0) is 35.8. The number of sulfonamides is 1. The van der Waals surface area contributed by atoms with Gasteiger partial charge >= 0.3 is 6.09 Å². The molecule has 1 fully saturated rings. The van der Waals surface area contributed by atoms with Gasteiger partial charge in [0.2, 0.25) is 15.9 Å². The summed E-state index contributed by atoms with van der Waals surface area (Å²) in [7, 11) is -0.342. The third-order valence-corrected chi connectivity index (χ3v) is 12.1. The highest BCUT2D eigenvalue weighted by atomic mass is 32.2. The number of hydrogen-bond acceptors (Lipinski definition) is 12. The Morgan fingerprint density at radius 3 is 2.50 bits per heavy atom. The molecule has 0 bridgehead atoms. The average Bonchev–Trinajstić information content (AvgIpc) is 3.78. The van der Waals surface area contributed by atoms with Crippen molar-refractivity contribution in [1.29, 1.82) is 0 Å². The van der Waals surface area contributed by atoms with Gasteiger partial charge in [-0.1, -0.05) is 55.5 Å². The maximum absolute atomic E-state index is 14.2. The first kappa shape index (κ1) is 37.7. The first-order valence-electron chi connectivity index (χ1n) is 16.5. The molecule has 0 saturated carbocycles. The van der Waals surface area contributed by atoms with E-state index in [9.17, 15) is 23.1 Å². The molecule has 1 aliphatic rings. The van der Waals surface area contributed by atoms with Crippen LogP contribution in [0.15, 0.2) is 65.1 Å². The number of aliphatic hydroxyl groups is 1. The zero-order valence-corrected chi connectivity index (χ0v) is 31.2. The minimum atomic E-state index is -4.10. The first-order chi connectivity index (χ1) is 23.9. The molecule has 0 radical (unpaired) electrons. The van der Waals surface area contributed by atoms with Crippen LogP contribution < -0.4 is 10.2 Å². The van der Waals surface area contributed by atoms with E-state index < -0.39 is 28.3 Å². The molecule has 2 atom stereocenters. The van der Waals surface area contributed by atoms with Crippen LogP contribution in [-0.4, -0.2) is 122 Å². The summed E-state index contributed by atoms with van der Waals surface area (Å²) in [6.07, 6.45) is -0.127. The summed E-state index contributed by atoms with van der Waals surface area (Å²) < 4.78 is 35.6. The number of aromatic nitrogens is 2. The molecule has 16 heteroatoms. The van der Waals surface area contributed by atoms with Gasteiger partial charge in [0.25, 0.3) is 0 Å². The summed E-state index contributed by atoms with van der Waals surface area (Å²) in [6.45, 7) is 7.45. The van der Waals surface area contributed by atoms with Crippen LogP contribution in [0.1, 0.15) is 24.3 Å². The number of carbonyl (C=O) groups excluding carboxylic acids is 2. The van der Waals surface area contributed by atoms with E-state index in [-0.39, 0.29) is 49.4 Å². The smallest absolute Gasteiger partial charge is 0.407 e. The molecule has 0 spiro atoms. The van der Waals surface area contributed by atoms with Crippen molar-refractivity contribution < 1.29 is 27.9 Å². The van der Waals surface area contributed by atoms with Crippen molar-refractivity contribution in [2.75, 3.05) is 64.8 Å². The number of thiazole rings is 2. The van der Waals surface area contributed by atoms with Crippen molar-refractivity contribution in [3.05, 3.63) is 70.7 Å². The van der Waals surface area contributed by atoms with E-state index in [4.69, 9.17) is 4.74 Å². The zero-order valence-electron chi connectivity index (χ0n) is 28.8. The third-order valence-electron chi connectivity index (χ3n) is 8.46. The van der Waals surface area contributed by atoms with Gasteiger partial charge in [-0.05, 0) is 43.1 Å². The highest BCUT2D eigenvalue weighted by Crippen LogP contribution is 2.31. The van der Waals surface area contributed by atoms with Crippen molar-refractivity contribution in [2.45, 2.75) is 43.9 Å². The van der Waals surface area contributed by atoms with Gasteiger partial charge in [0, 0.05) is 52.5 Å². The van der Waals surface area contributed by atoms with E-state index in [2.05, 4.69) is 32.1 Å². The fourth-order valence-corrected chi connectivity index (χ4v) is 8.78. The van der Waals surface area contributed by atoms with Crippen LogP contribution in [0.3, 0.4) is 0 Å². The lowest BCUT2D eigenvalue weighted by atomic mass is 10.0. The van der Waals surface area contributed by atoms with E-state index in [1.807, 2.05) is 44.2 Å². The molecule has 0 aliphatic carbocycles. The van der Waals surface area contributed by atoms with Gasteiger partial charge in [-0.2, -0.15) is 4.31 Å². The minimum Gasteiger partial charge on any atom is -0.444 e. The van der Waals surface area contributed by atoms with Gasteiger partial charge in [0.15, 0.2) is 5.13 Å². The number of piperazine rings is 1. The predicted octanol–water partition coefficient (Wildman–Crippen LogP) is 3.51. The standard InChI is InChI=1S/C34H45N7O6S3/c1-24(2)19-41(20-30(42)29(16-25-8-6-5-7-9-25)37-34(44)47-22-26-18-35-23-48-26)50(45,46)27-10-11-28-31(17-27)49-33(36-28)39(4)32(43)21-40-14-12-38(3)13-15-40/h5-11,17-18,23-24,29-30,42H,12-16,19-22H2,1-4H3,(H,37,44)/t29-,30+/m0/s1. The van der Waals surface area contributed by atoms with Crippen LogP contribution >= 0.6 is 22.7 Å². The Morgan fingerprint density at radius 1 is 1.08 bits per heavy atom. The lowest BCUT2D eigenvalue weighted by molar-refractivity contribution is -0.119. The number of nitrogens with one attached hydrogen (secondary N) is 1. The third kappa shape index (κ3) is 10.1. The maximum atomic E-state index is 14.2. The Balaban J connectivity index is 1.32. The first-order valence-corrected chi connectivity index (χ1v) is 19.6. The van der Waals surface area contributed by atoms with Gasteiger partial charge in [-0.3, -0.25) is 19.6 Å². The second kappa shape index (κ2) is 17.1. The van der Waals surface area contributed by atoms with Crippen LogP contribution in [0, 0.1) is 5.92 Å². The van der Waals surface area contributed by atoms with E-state index >= 15 is 0 Å². The molecule has 1 saturated heterocycles. The van der Waals surface area contributed by atoms with E-state index in [0.717, 1.165) is 36.6 Å². The molecule has 1 aliphatic heterocycles. The van der Waals surface area contributed by atoms with E-state index in [0.29, 0.717) is 15.3 Å². The lowest BCUT2D eigenvalue weighted by Gasteiger charge is -2.32. The number of ether oxygens (including phenoxy) is 1. The number of fused-ring (bicyclic) bond motifs is 1. The Kier molecular flexibility index (Phi) is 12.9. The molecule has 2 N–H and O–H groups in total. The van der Waals surface area contributed by atoms with Gasteiger partial charge in [-0.25, -0.2) is 18.2 Å². The Hall–Kier alpha value is -3.51. The van der Waals surface area contributed by atoms with E-state index in [1.54, 1.807) is 30.9 Å². The number of likely N-dealkylation sites (N-methyl/N-ethyl adjacent to an activating group) is 2. The summed E-state index contributed by atoms with van der Waals surface area (Å²) >= 11 is 2.61. The minimum absolute atomic E-state index is 0.0283. The Bertz CT molecular complexity index is 1810. The number of amides is 2. The molecule has 2 aromatic carbocycles. The Morgan fingerprint density at radius 2 is 1.82 bits per heavy atom. The quantitative estimate of drug-likeness (QED) is 0.185. The lowest BCUT2D eigenvalue weighted by Crippen LogP contribution is -2.51. The van der Waals surface area contributed by atoms with Gasteiger partial charge in [0.1, 0.15) is 6.61 Å². The molecule has 0 unspecified atom stereocenters. The number of anilines is 1. The van der Waals surface area contributed by atoms with Crippen LogP contribution in [0.5, 0.6) is 0 Å². The van der Waals surface area contributed by atoms with Crippen molar-refractivity contribution in [3.63, 3.8) is 0 Å². The highest BCUT2D eigenvalue weighted by Gasteiger charge is 2.32. The van der Waals surface area contributed by atoms with E-state index in [1.165, 1.54) is 37.9 Å². The van der Waals surface area contributed by atoms with Gasteiger partial charge in [0.05, 0.1) is 44.2 Å². The highest BCUT2D eigenvalue weighted by molar-refractivity contribution is 7.89. The van der Waals surface area contributed by atoms with Crippen LogP contribution in [0.25, 0.3) is 10.2 Å². The van der Waals surface area contributed by atoms with Crippen molar-refractivity contribution >= 4 is 60.0 Å². The molecule has 5 rings (SSSR count). The summed E-state index contributed by atoms with van der Waals surface area (Å²) in [4.78, 5) is 41.2. The summed E-state index contributed by atoms with van der Waals surface area (Å²) in [5, 5.41) is 14.8. The predicted molar refractivity (Wildman–Crippen MR) is 196 cm³/mol. The molecule has 50 heavy (non-hydrogen) atoms. The second-order valence-corrected chi connectivity index (χ2v) is 16.8. The van der Waals surface area contributed by atoms with Gasteiger partial charge < -0.3 is 20.1 Å². The van der Waals surface area contributed by atoms with Crippen molar-refractivity contribution in [2.24, 2.45) is 5.92 Å². The monoisotopic (exact) mass is 743 g/mol. The van der Waals surface area contributed by atoms with Crippen molar-refractivity contribution in [1.82, 2.24) is 29.4 Å². The molecule has 4 aromatic rings. The Labute approximate surface area is 301 Å². The van der Waals surface area contributed by atoms with Crippen LogP contribution in [-0.2, 0) is 32.6 Å². The fourth-order valence-electron chi connectivity index (χ4n) is 5.56.